The molecule has 5 heterocycles. The fourth-order valence-electron chi connectivity index (χ4n) is 7.51. The largest absolute Gasteiger partial charge is 0.350 e. The van der Waals surface area contributed by atoms with Crippen molar-refractivity contribution < 1.29 is 24.0 Å². The average Bonchev–Trinajstić information content (AvgIpc) is 3.14. The summed E-state index contributed by atoms with van der Waals surface area (Å²) in [5.41, 5.74) is 4.19. The van der Waals surface area contributed by atoms with Gasteiger partial charge in [-0.3, -0.25) is 0 Å². The fourth-order valence-corrected chi connectivity index (χ4v) is 7.51. The Balaban J connectivity index is 1.08. The monoisotopic (exact) mass is 481 g/mol. The van der Waals surface area contributed by atoms with Gasteiger partial charge in [-0.05, 0) is 56.4 Å². The van der Waals surface area contributed by atoms with Gasteiger partial charge in [0.1, 0.15) is 5.69 Å². The number of ether oxygens (including phenoxy) is 3. The lowest BCUT2D eigenvalue weighted by Crippen LogP contribution is -2.70. The van der Waals surface area contributed by atoms with Crippen molar-refractivity contribution in [3.63, 3.8) is 0 Å². The van der Waals surface area contributed by atoms with Crippen molar-refractivity contribution in [1.82, 2.24) is 15.0 Å². The Morgan fingerprint density at radius 2 is 1.97 bits per heavy atom. The van der Waals surface area contributed by atoms with Gasteiger partial charge in [0.05, 0.1) is 18.8 Å². The zero-order chi connectivity index (χ0) is 23.8. The molecule has 5 fully saturated rings. The maximum absolute atomic E-state index is 6.54. The van der Waals surface area contributed by atoms with Crippen LogP contribution >= 0.6 is 0 Å². The molecule has 6 aliphatic rings. The fraction of sp³-hybridized carbons (Fsp3) is 0.704. The van der Waals surface area contributed by atoms with Crippen molar-refractivity contribution >= 4 is 0 Å². The van der Waals surface area contributed by atoms with E-state index in [9.17, 15) is 0 Å². The molecule has 4 saturated heterocycles. The second-order valence-corrected chi connectivity index (χ2v) is 11.4. The Morgan fingerprint density at radius 3 is 2.89 bits per heavy atom. The van der Waals surface area contributed by atoms with E-state index in [4.69, 9.17) is 24.0 Å². The number of nitrogens with zero attached hydrogens (tertiary/aromatic N) is 3. The van der Waals surface area contributed by atoms with E-state index in [-0.39, 0.29) is 18.1 Å². The van der Waals surface area contributed by atoms with Crippen LogP contribution in [0.3, 0.4) is 0 Å². The zero-order valence-electron chi connectivity index (χ0n) is 20.8. The van der Waals surface area contributed by atoms with Gasteiger partial charge in [-0.1, -0.05) is 43.3 Å². The molecule has 8 rings (SSSR count). The highest BCUT2D eigenvalue weighted by atomic mass is 17.3. The maximum atomic E-state index is 6.54. The highest BCUT2D eigenvalue weighted by Gasteiger charge is 2.69. The lowest BCUT2D eigenvalue weighted by molar-refractivity contribution is -0.577. The van der Waals surface area contributed by atoms with Gasteiger partial charge >= 0.3 is 0 Å². The third-order valence-corrected chi connectivity index (χ3v) is 9.42. The van der Waals surface area contributed by atoms with E-state index in [0.717, 1.165) is 37.8 Å². The first-order valence-corrected chi connectivity index (χ1v) is 13.3. The van der Waals surface area contributed by atoms with E-state index in [1.807, 2.05) is 11.6 Å². The maximum Gasteiger partial charge on any atom is 0.201 e. The lowest BCUT2D eigenvalue weighted by Gasteiger charge is -2.60. The minimum atomic E-state index is -0.765. The predicted molar refractivity (Wildman–Crippen MR) is 126 cm³/mol. The van der Waals surface area contributed by atoms with Gasteiger partial charge in [0.15, 0.2) is 18.2 Å². The average molecular weight is 482 g/mol. The summed E-state index contributed by atoms with van der Waals surface area (Å²) in [4.78, 5) is 12.1. The molecular weight excluding hydrogens is 446 g/mol. The summed E-state index contributed by atoms with van der Waals surface area (Å²) >= 11 is 0. The minimum Gasteiger partial charge on any atom is -0.350 e. The number of hydrogen-bond donors (Lipinski definition) is 0. The highest BCUT2D eigenvalue weighted by molar-refractivity contribution is 5.67. The summed E-state index contributed by atoms with van der Waals surface area (Å²) in [7, 11) is 0. The summed E-state index contributed by atoms with van der Waals surface area (Å²) < 4.78 is 21.4. The zero-order valence-corrected chi connectivity index (χ0v) is 20.8. The van der Waals surface area contributed by atoms with E-state index >= 15 is 0 Å². The van der Waals surface area contributed by atoms with E-state index < -0.39 is 17.7 Å². The normalized spacial score (nSPS) is 41.6. The first-order chi connectivity index (χ1) is 17.0. The molecule has 188 valence electrons. The molecule has 1 unspecified atom stereocenters. The standard InChI is InChI=1S/C27H35N3O5/c1-16-8-10-21-17(2)24(32-25-27(21)20(16)12-13-26(3,33-25)34-35-27)31-15-14-30-22-11-9-18-6-4-5-7-19(18)23(22)28-29-30/h4-7,16-17,20-21,24-25H,8-15H2,1-3H3/t16-,17-,20?,21+,24-,25-,26-,27-/m1/s1. The Hall–Kier alpha value is -1.84. The van der Waals surface area contributed by atoms with Crippen LogP contribution in [0.5, 0.6) is 0 Å². The SMILES string of the molecule is C[C@H]1[C@H](OCCn2nnc3c2CCc2ccccc2-3)O[C@@H]2O[C@@]3(C)CCC4[C@H](C)CC[C@@H]1[C@]42OO3. The molecule has 0 radical (unpaired) electrons. The molecule has 8 nitrogen and oxygen atoms in total. The Morgan fingerprint density at radius 1 is 1.09 bits per heavy atom. The van der Waals surface area contributed by atoms with E-state index in [0.29, 0.717) is 25.0 Å². The molecular formula is C27H35N3O5. The summed E-state index contributed by atoms with van der Waals surface area (Å²) in [5.74, 6) is 0.596. The van der Waals surface area contributed by atoms with Crippen molar-refractivity contribution in [2.24, 2.45) is 23.7 Å². The van der Waals surface area contributed by atoms with Crippen LogP contribution in [0.25, 0.3) is 11.3 Å². The second kappa shape index (κ2) is 8.08. The van der Waals surface area contributed by atoms with Crippen molar-refractivity contribution in [3.8, 4) is 11.3 Å². The molecule has 0 amide bonds. The van der Waals surface area contributed by atoms with Gasteiger partial charge in [-0.25, -0.2) is 14.5 Å². The van der Waals surface area contributed by atoms with Crippen molar-refractivity contribution in [1.29, 1.82) is 0 Å². The van der Waals surface area contributed by atoms with Crippen LogP contribution < -0.4 is 0 Å². The van der Waals surface area contributed by atoms with E-state index in [1.165, 1.54) is 23.2 Å². The van der Waals surface area contributed by atoms with Crippen molar-refractivity contribution in [2.75, 3.05) is 6.61 Å². The topological polar surface area (TPSA) is 76.9 Å². The molecule has 1 aromatic heterocycles. The predicted octanol–water partition coefficient (Wildman–Crippen LogP) is 4.27. The Bertz CT molecular complexity index is 1120. The molecule has 1 aromatic carbocycles. The summed E-state index contributed by atoms with van der Waals surface area (Å²) in [6.07, 6.45) is 5.25. The number of fused-ring (bicyclic) bond motifs is 5. The van der Waals surface area contributed by atoms with Crippen LogP contribution in [-0.2, 0) is 43.4 Å². The molecule has 1 saturated carbocycles. The van der Waals surface area contributed by atoms with Crippen LogP contribution in [0, 0.1) is 23.7 Å². The summed E-state index contributed by atoms with van der Waals surface area (Å²) in [5, 5.41) is 8.96. The molecule has 2 bridgehead atoms. The molecule has 35 heavy (non-hydrogen) atoms. The number of rotatable bonds is 4. The van der Waals surface area contributed by atoms with Crippen molar-refractivity contribution in [3.05, 3.63) is 35.5 Å². The van der Waals surface area contributed by atoms with Gasteiger partial charge in [-0.2, -0.15) is 0 Å². The summed E-state index contributed by atoms with van der Waals surface area (Å²) in [6, 6.07) is 8.48. The second-order valence-electron chi connectivity index (χ2n) is 11.4. The van der Waals surface area contributed by atoms with Crippen LogP contribution in [-0.4, -0.2) is 45.6 Å². The molecule has 0 N–H and O–H groups in total. The quantitative estimate of drug-likeness (QED) is 0.604. The first-order valence-electron chi connectivity index (χ1n) is 13.3. The van der Waals surface area contributed by atoms with Gasteiger partial charge in [0.25, 0.3) is 0 Å². The molecule has 4 aliphatic heterocycles. The third kappa shape index (κ3) is 3.30. The third-order valence-electron chi connectivity index (χ3n) is 9.42. The lowest BCUT2D eigenvalue weighted by atomic mass is 9.58. The molecule has 8 heteroatoms. The Kier molecular flexibility index (Phi) is 5.16. The minimum absolute atomic E-state index is 0.174. The Labute approximate surface area is 206 Å². The van der Waals surface area contributed by atoms with E-state index in [2.05, 4.69) is 48.4 Å². The summed E-state index contributed by atoms with van der Waals surface area (Å²) in [6.45, 7) is 7.67. The molecule has 2 aromatic rings. The molecule has 1 spiro atoms. The molecule has 8 atom stereocenters. The van der Waals surface area contributed by atoms with Crippen molar-refractivity contribution in [2.45, 2.75) is 89.8 Å². The van der Waals surface area contributed by atoms with Crippen LogP contribution in [0.15, 0.2) is 24.3 Å². The first kappa shape index (κ1) is 22.4. The van der Waals surface area contributed by atoms with Gasteiger partial charge in [0.2, 0.25) is 5.79 Å². The van der Waals surface area contributed by atoms with Gasteiger partial charge < -0.3 is 14.2 Å². The highest BCUT2D eigenvalue weighted by Crippen LogP contribution is 2.60. The van der Waals surface area contributed by atoms with Crippen LogP contribution in [0.2, 0.25) is 0 Å². The van der Waals surface area contributed by atoms with E-state index in [1.54, 1.807) is 0 Å². The number of benzene rings is 1. The van der Waals surface area contributed by atoms with Gasteiger partial charge in [0, 0.05) is 23.8 Å². The smallest absolute Gasteiger partial charge is 0.201 e. The number of aryl methyl sites for hydroxylation is 1. The van der Waals surface area contributed by atoms with Crippen LogP contribution in [0.1, 0.15) is 57.7 Å². The van der Waals surface area contributed by atoms with Crippen LogP contribution in [0.4, 0.5) is 0 Å². The number of hydrogen-bond acceptors (Lipinski definition) is 7. The number of aromatic nitrogens is 3. The molecule has 2 aliphatic carbocycles. The van der Waals surface area contributed by atoms with Gasteiger partial charge in [-0.15, -0.1) is 5.10 Å².